The monoisotopic (exact) mass is 286 g/mol. The molecule has 0 spiro atoms. The van der Waals surface area contributed by atoms with Gasteiger partial charge in [-0.05, 0) is 44.5 Å². The second-order valence-electron chi connectivity index (χ2n) is 5.40. The van der Waals surface area contributed by atoms with Crippen LogP contribution in [0.1, 0.15) is 31.0 Å². The Morgan fingerprint density at radius 1 is 1.29 bits per heavy atom. The van der Waals surface area contributed by atoms with E-state index in [0.717, 1.165) is 22.6 Å². The molecule has 4 heteroatoms. The van der Waals surface area contributed by atoms with Gasteiger partial charge in [-0.25, -0.2) is 0 Å². The van der Waals surface area contributed by atoms with Crippen LogP contribution < -0.4 is 16.0 Å². The van der Waals surface area contributed by atoms with Gasteiger partial charge < -0.3 is 15.0 Å². The lowest BCUT2D eigenvalue weighted by Crippen LogP contribution is -2.29. The topological polar surface area (TPSA) is 57.2 Å². The van der Waals surface area contributed by atoms with Gasteiger partial charge in [0.05, 0.1) is 12.8 Å². The summed E-state index contributed by atoms with van der Waals surface area (Å²) in [5.41, 5.74) is 9.17. The largest absolute Gasteiger partial charge is 0.497 e. The first-order chi connectivity index (χ1) is 9.99. The van der Waals surface area contributed by atoms with Crippen molar-refractivity contribution in [3.63, 3.8) is 0 Å². The molecule has 0 aliphatic rings. The molecule has 0 unspecified atom stereocenters. The Morgan fingerprint density at radius 2 is 2.00 bits per heavy atom. The summed E-state index contributed by atoms with van der Waals surface area (Å²) in [6.07, 6.45) is 0. The lowest BCUT2D eigenvalue weighted by molar-refractivity contribution is 0.415. The number of methoxy groups -OCH3 is 1. The maximum absolute atomic E-state index is 12.7. The number of nitrogens with two attached hydrogens (primary N) is 1. The summed E-state index contributed by atoms with van der Waals surface area (Å²) in [5.74, 6) is 0.774. The molecule has 0 saturated heterocycles. The van der Waals surface area contributed by atoms with Crippen LogP contribution in [0.3, 0.4) is 0 Å². The Labute approximate surface area is 125 Å². The van der Waals surface area contributed by atoms with Crippen molar-refractivity contribution in [2.24, 2.45) is 5.73 Å². The molecule has 0 bridgehead atoms. The number of ether oxygens (including phenoxy) is 1. The summed E-state index contributed by atoms with van der Waals surface area (Å²) in [7, 11) is 1.64. The Bertz CT molecular complexity index is 702. The molecule has 2 N–H and O–H groups in total. The highest BCUT2D eigenvalue weighted by Gasteiger charge is 2.15. The molecular formula is C17H22N2O2. The van der Waals surface area contributed by atoms with Crippen molar-refractivity contribution in [3.05, 3.63) is 51.8 Å². The quantitative estimate of drug-likeness (QED) is 0.940. The third kappa shape index (κ3) is 2.85. The molecule has 0 saturated carbocycles. The first-order valence-corrected chi connectivity index (χ1v) is 7.09. The van der Waals surface area contributed by atoms with Gasteiger partial charge in [0.15, 0.2) is 0 Å². The number of nitrogens with zero attached hydrogens (tertiary/aromatic N) is 1. The highest BCUT2D eigenvalue weighted by molar-refractivity contribution is 5.63. The van der Waals surface area contributed by atoms with Crippen LogP contribution in [-0.4, -0.2) is 11.7 Å². The zero-order chi connectivity index (χ0) is 15.6. The van der Waals surface area contributed by atoms with Gasteiger partial charge in [0.25, 0.3) is 5.56 Å². The van der Waals surface area contributed by atoms with E-state index in [9.17, 15) is 4.79 Å². The fraction of sp³-hybridized carbons (Fsp3) is 0.353. The first-order valence-electron chi connectivity index (χ1n) is 7.09. The molecular weight excluding hydrogens is 264 g/mol. The van der Waals surface area contributed by atoms with Crippen LogP contribution in [0.5, 0.6) is 5.75 Å². The standard InChI is InChI=1S/C17H22N2O2/c1-11(2)19-16(8-12(3)15(10-18)17(19)20)13-6-5-7-14(9-13)21-4/h5-9,11H,10,18H2,1-4H3. The number of aryl methyl sites for hydroxylation is 1. The minimum Gasteiger partial charge on any atom is -0.497 e. The van der Waals surface area contributed by atoms with E-state index in [2.05, 4.69) is 0 Å². The summed E-state index contributed by atoms with van der Waals surface area (Å²) in [5, 5.41) is 0. The van der Waals surface area contributed by atoms with Crippen molar-refractivity contribution in [1.82, 2.24) is 4.57 Å². The Balaban J connectivity index is 2.76. The number of rotatable bonds is 4. The minimum absolute atomic E-state index is 0.00896. The third-order valence-electron chi connectivity index (χ3n) is 3.65. The fourth-order valence-corrected chi connectivity index (χ4v) is 2.55. The van der Waals surface area contributed by atoms with Crippen LogP contribution in [0, 0.1) is 6.92 Å². The fourth-order valence-electron chi connectivity index (χ4n) is 2.55. The van der Waals surface area contributed by atoms with Gasteiger partial charge in [-0.2, -0.15) is 0 Å². The molecule has 2 aromatic rings. The van der Waals surface area contributed by atoms with Crippen LogP contribution in [0.15, 0.2) is 35.1 Å². The van der Waals surface area contributed by atoms with E-state index in [-0.39, 0.29) is 18.1 Å². The van der Waals surface area contributed by atoms with Crippen molar-refractivity contribution < 1.29 is 4.74 Å². The predicted octanol–water partition coefficient (Wildman–Crippen LogP) is 2.87. The Hall–Kier alpha value is -2.07. The van der Waals surface area contributed by atoms with Gasteiger partial charge in [0, 0.05) is 23.7 Å². The van der Waals surface area contributed by atoms with Crippen molar-refractivity contribution in [3.8, 4) is 17.0 Å². The molecule has 1 aromatic heterocycles. The summed E-state index contributed by atoms with van der Waals surface area (Å²) < 4.78 is 7.07. The van der Waals surface area contributed by atoms with Crippen LogP contribution >= 0.6 is 0 Å². The molecule has 0 atom stereocenters. The van der Waals surface area contributed by atoms with Gasteiger partial charge in [0.1, 0.15) is 5.75 Å². The highest BCUT2D eigenvalue weighted by Crippen LogP contribution is 2.26. The van der Waals surface area contributed by atoms with Gasteiger partial charge in [-0.3, -0.25) is 4.79 Å². The second kappa shape index (κ2) is 6.14. The van der Waals surface area contributed by atoms with E-state index in [1.165, 1.54) is 0 Å². The van der Waals surface area contributed by atoms with Crippen molar-refractivity contribution in [2.45, 2.75) is 33.4 Å². The van der Waals surface area contributed by atoms with Crippen LogP contribution in [0.2, 0.25) is 0 Å². The van der Waals surface area contributed by atoms with Crippen molar-refractivity contribution in [1.29, 1.82) is 0 Å². The van der Waals surface area contributed by atoms with E-state index in [4.69, 9.17) is 10.5 Å². The molecule has 0 aliphatic carbocycles. The normalized spacial score (nSPS) is 11.0. The van der Waals surface area contributed by atoms with E-state index >= 15 is 0 Å². The summed E-state index contributed by atoms with van der Waals surface area (Å²) in [6.45, 7) is 6.19. The van der Waals surface area contributed by atoms with Gasteiger partial charge in [-0.15, -0.1) is 0 Å². The highest BCUT2D eigenvalue weighted by atomic mass is 16.5. The number of aromatic nitrogens is 1. The zero-order valence-corrected chi connectivity index (χ0v) is 13.0. The molecule has 21 heavy (non-hydrogen) atoms. The van der Waals surface area contributed by atoms with Crippen LogP contribution in [-0.2, 0) is 6.54 Å². The lowest BCUT2D eigenvalue weighted by atomic mass is 10.0. The average Bonchev–Trinajstić information content (AvgIpc) is 2.46. The van der Waals surface area contributed by atoms with Gasteiger partial charge in [0.2, 0.25) is 0 Å². The lowest BCUT2D eigenvalue weighted by Gasteiger charge is -2.19. The summed E-state index contributed by atoms with van der Waals surface area (Å²) in [4.78, 5) is 12.7. The van der Waals surface area contributed by atoms with Crippen LogP contribution in [0.4, 0.5) is 0 Å². The number of hydrogen-bond acceptors (Lipinski definition) is 3. The van der Waals surface area contributed by atoms with Crippen molar-refractivity contribution in [2.75, 3.05) is 7.11 Å². The van der Waals surface area contributed by atoms with E-state index in [1.54, 1.807) is 11.7 Å². The number of pyridine rings is 1. The van der Waals surface area contributed by atoms with Gasteiger partial charge in [-0.1, -0.05) is 12.1 Å². The molecule has 4 nitrogen and oxygen atoms in total. The molecule has 1 aromatic carbocycles. The smallest absolute Gasteiger partial charge is 0.256 e. The average molecular weight is 286 g/mol. The molecule has 0 fully saturated rings. The number of hydrogen-bond donors (Lipinski definition) is 1. The summed E-state index contributed by atoms with van der Waals surface area (Å²) >= 11 is 0. The maximum atomic E-state index is 12.7. The summed E-state index contributed by atoms with van der Waals surface area (Å²) in [6, 6.07) is 9.83. The van der Waals surface area contributed by atoms with E-state index in [0.29, 0.717) is 5.56 Å². The van der Waals surface area contributed by atoms with Crippen LogP contribution in [0.25, 0.3) is 11.3 Å². The van der Waals surface area contributed by atoms with E-state index in [1.807, 2.05) is 51.1 Å². The zero-order valence-electron chi connectivity index (χ0n) is 13.0. The Morgan fingerprint density at radius 3 is 2.57 bits per heavy atom. The predicted molar refractivity (Wildman–Crippen MR) is 85.7 cm³/mol. The second-order valence-corrected chi connectivity index (χ2v) is 5.40. The molecule has 0 amide bonds. The molecule has 112 valence electrons. The molecule has 0 aliphatic heterocycles. The van der Waals surface area contributed by atoms with Crippen molar-refractivity contribution >= 4 is 0 Å². The first kappa shape index (κ1) is 15.3. The SMILES string of the molecule is COc1cccc(-c2cc(C)c(CN)c(=O)n2C(C)C)c1. The number of benzene rings is 1. The minimum atomic E-state index is -0.00896. The molecule has 0 radical (unpaired) electrons. The Kier molecular flexibility index (Phi) is 4.48. The van der Waals surface area contributed by atoms with Gasteiger partial charge >= 0.3 is 0 Å². The maximum Gasteiger partial charge on any atom is 0.256 e. The van der Waals surface area contributed by atoms with E-state index < -0.39 is 0 Å². The molecule has 1 heterocycles. The molecule has 2 rings (SSSR count). The third-order valence-corrected chi connectivity index (χ3v) is 3.65.